The van der Waals surface area contributed by atoms with Crippen molar-refractivity contribution in [1.29, 1.82) is 0 Å². The van der Waals surface area contributed by atoms with Gasteiger partial charge in [-0.3, -0.25) is 4.57 Å². The van der Waals surface area contributed by atoms with Crippen LogP contribution in [0.5, 0.6) is 0 Å². The van der Waals surface area contributed by atoms with Crippen LogP contribution in [0, 0.1) is 5.92 Å². The lowest BCUT2D eigenvalue weighted by molar-refractivity contribution is 0.189. The van der Waals surface area contributed by atoms with Crippen LogP contribution < -0.4 is 5.69 Å². The second kappa shape index (κ2) is 8.14. The second-order valence-electron chi connectivity index (χ2n) is 5.30. The molecule has 0 aliphatic rings. The predicted molar refractivity (Wildman–Crippen MR) is 81.7 cm³/mol. The first-order valence-corrected chi connectivity index (χ1v) is 8.17. The molecule has 0 saturated heterocycles. The summed E-state index contributed by atoms with van der Waals surface area (Å²) in [5, 5.41) is 11.1. The molecule has 2 heterocycles. The van der Waals surface area contributed by atoms with Crippen molar-refractivity contribution in [1.82, 2.24) is 24.9 Å². The molecule has 22 heavy (non-hydrogen) atoms. The quantitative estimate of drug-likeness (QED) is 0.550. The molecule has 0 amide bonds. The van der Waals surface area contributed by atoms with E-state index in [2.05, 4.69) is 34.2 Å². The van der Waals surface area contributed by atoms with Crippen molar-refractivity contribution in [2.75, 3.05) is 13.7 Å². The van der Waals surface area contributed by atoms with Crippen molar-refractivity contribution in [3.63, 3.8) is 0 Å². The fourth-order valence-electron chi connectivity index (χ4n) is 1.89. The maximum atomic E-state index is 11.7. The first-order valence-electron chi connectivity index (χ1n) is 7.18. The van der Waals surface area contributed by atoms with Gasteiger partial charge in [0.1, 0.15) is 0 Å². The van der Waals surface area contributed by atoms with Gasteiger partial charge in [0.2, 0.25) is 5.89 Å². The minimum Gasteiger partial charge on any atom is -0.385 e. The molecule has 2 rings (SSSR count). The van der Waals surface area contributed by atoms with Gasteiger partial charge in [-0.05, 0) is 12.3 Å². The van der Waals surface area contributed by atoms with Crippen LogP contribution in [0.15, 0.2) is 14.5 Å². The van der Waals surface area contributed by atoms with Crippen LogP contribution in [0.1, 0.15) is 32.0 Å². The zero-order valence-electron chi connectivity index (χ0n) is 13.0. The molecule has 9 heteroatoms. The summed E-state index contributed by atoms with van der Waals surface area (Å²) < 4.78 is 11.8. The van der Waals surface area contributed by atoms with Crippen molar-refractivity contribution in [3.8, 4) is 0 Å². The van der Waals surface area contributed by atoms with E-state index in [-0.39, 0.29) is 5.69 Å². The number of aromatic nitrogens is 5. The highest BCUT2D eigenvalue weighted by Crippen LogP contribution is 2.18. The molecule has 0 aliphatic carbocycles. The van der Waals surface area contributed by atoms with Crippen LogP contribution in [0.3, 0.4) is 0 Å². The lowest BCUT2D eigenvalue weighted by Crippen LogP contribution is -2.18. The molecule has 0 fully saturated rings. The molecular weight excluding hydrogens is 306 g/mol. The third-order valence-corrected chi connectivity index (χ3v) is 3.85. The Balaban J connectivity index is 1.93. The van der Waals surface area contributed by atoms with E-state index < -0.39 is 0 Å². The van der Waals surface area contributed by atoms with Crippen LogP contribution in [0.25, 0.3) is 0 Å². The van der Waals surface area contributed by atoms with Gasteiger partial charge in [0, 0.05) is 26.7 Å². The smallest absolute Gasteiger partial charge is 0.343 e. The van der Waals surface area contributed by atoms with Crippen molar-refractivity contribution in [2.24, 2.45) is 5.92 Å². The fraction of sp³-hybridized carbons (Fsp3) is 0.692. The van der Waals surface area contributed by atoms with Gasteiger partial charge in [0.15, 0.2) is 11.0 Å². The molecule has 0 radical (unpaired) electrons. The van der Waals surface area contributed by atoms with Crippen molar-refractivity contribution >= 4 is 11.8 Å². The first-order chi connectivity index (χ1) is 10.6. The van der Waals surface area contributed by atoms with Crippen LogP contribution >= 0.6 is 11.8 Å². The molecule has 8 nitrogen and oxygen atoms in total. The maximum Gasteiger partial charge on any atom is 0.343 e. The summed E-state index contributed by atoms with van der Waals surface area (Å²) in [6.45, 7) is 5.36. The minimum atomic E-state index is -0.216. The minimum absolute atomic E-state index is 0.216. The highest BCUT2D eigenvalue weighted by atomic mass is 32.2. The molecule has 2 aromatic heterocycles. The van der Waals surface area contributed by atoms with Crippen LogP contribution in [-0.4, -0.2) is 38.6 Å². The number of ether oxygens (including phenoxy) is 1. The molecule has 0 bridgehead atoms. The van der Waals surface area contributed by atoms with E-state index in [1.165, 1.54) is 11.8 Å². The van der Waals surface area contributed by atoms with E-state index in [1.54, 1.807) is 11.7 Å². The summed E-state index contributed by atoms with van der Waals surface area (Å²) in [6, 6.07) is 0. The van der Waals surface area contributed by atoms with Gasteiger partial charge >= 0.3 is 5.69 Å². The Morgan fingerprint density at radius 3 is 3.00 bits per heavy atom. The van der Waals surface area contributed by atoms with E-state index in [0.29, 0.717) is 41.7 Å². The lowest BCUT2D eigenvalue weighted by atomic mass is 10.1. The number of methoxy groups -OCH3 is 1. The normalized spacial score (nSPS) is 11.5. The predicted octanol–water partition coefficient (Wildman–Crippen LogP) is 1.48. The van der Waals surface area contributed by atoms with Crippen LogP contribution in [-0.2, 0) is 23.5 Å². The number of nitrogens with zero attached hydrogens (tertiary/aromatic N) is 4. The third kappa shape index (κ3) is 4.70. The monoisotopic (exact) mass is 327 g/mol. The Hall–Kier alpha value is -1.61. The molecule has 0 saturated carbocycles. The Morgan fingerprint density at radius 1 is 1.45 bits per heavy atom. The van der Waals surface area contributed by atoms with Crippen molar-refractivity contribution in [3.05, 3.63) is 22.2 Å². The Bertz CT molecular complexity index is 634. The maximum absolute atomic E-state index is 11.7. The summed E-state index contributed by atoms with van der Waals surface area (Å²) in [7, 11) is 1.64. The molecule has 0 aromatic carbocycles. The van der Waals surface area contributed by atoms with Gasteiger partial charge in [-0.1, -0.05) is 30.8 Å². The summed E-state index contributed by atoms with van der Waals surface area (Å²) in [6.07, 6.45) is 1.52. The van der Waals surface area contributed by atoms with E-state index in [0.717, 1.165) is 12.8 Å². The van der Waals surface area contributed by atoms with Gasteiger partial charge < -0.3 is 9.26 Å². The molecule has 0 spiro atoms. The largest absolute Gasteiger partial charge is 0.385 e. The number of hydrogen-bond donors (Lipinski definition) is 1. The fourth-order valence-corrected chi connectivity index (χ4v) is 2.70. The van der Waals surface area contributed by atoms with Gasteiger partial charge in [0.25, 0.3) is 0 Å². The topological polar surface area (TPSA) is 98.8 Å². The number of rotatable bonds is 9. The molecule has 0 unspecified atom stereocenters. The molecular formula is C13H21N5O3S. The zero-order valence-corrected chi connectivity index (χ0v) is 13.9. The van der Waals surface area contributed by atoms with E-state index in [1.807, 2.05) is 0 Å². The average Bonchev–Trinajstić information content (AvgIpc) is 3.04. The first kappa shape index (κ1) is 16.8. The average molecular weight is 327 g/mol. The van der Waals surface area contributed by atoms with Gasteiger partial charge in [-0.15, -0.1) is 5.10 Å². The van der Waals surface area contributed by atoms with E-state index >= 15 is 0 Å². The Morgan fingerprint density at radius 2 is 2.27 bits per heavy atom. The number of aromatic amines is 1. The molecule has 0 aliphatic heterocycles. The molecule has 122 valence electrons. The standard InChI is InChI=1S/C13H21N5O3S/c1-9(2)7-11-14-10(17-21-11)8-22-13-16-15-12(19)18(13)5-4-6-20-3/h9H,4-8H2,1-3H3,(H,15,19). The molecule has 1 N–H and O–H groups in total. The lowest BCUT2D eigenvalue weighted by Gasteiger charge is -2.03. The van der Waals surface area contributed by atoms with E-state index in [9.17, 15) is 4.79 Å². The van der Waals surface area contributed by atoms with E-state index in [4.69, 9.17) is 9.26 Å². The SMILES string of the molecule is COCCCn1c(SCc2noc(CC(C)C)n2)n[nH]c1=O. The number of hydrogen-bond acceptors (Lipinski definition) is 7. The van der Waals surface area contributed by atoms with Crippen molar-refractivity contribution < 1.29 is 9.26 Å². The molecule has 2 aromatic rings. The molecule has 0 atom stereocenters. The highest BCUT2D eigenvalue weighted by molar-refractivity contribution is 7.98. The zero-order chi connectivity index (χ0) is 15.9. The van der Waals surface area contributed by atoms with Crippen LogP contribution in [0.2, 0.25) is 0 Å². The number of thioether (sulfide) groups is 1. The number of nitrogens with one attached hydrogen (secondary N) is 1. The number of H-pyrrole nitrogens is 1. The summed E-state index contributed by atoms with van der Waals surface area (Å²) in [5.41, 5.74) is -0.216. The van der Waals surface area contributed by atoms with Gasteiger partial charge in [0.05, 0.1) is 5.75 Å². The third-order valence-electron chi connectivity index (χ3n) is 2.88. The Labute approximate surface area is 132 Å². The summed E-state index contributed by atoms with van der Waals surface area (Å²) in [4.78, 5) is 16.0. The summed E-state index contributed by atoms with van der Waals surface area (Å²) in [5.74, 6) is 2.24. The Kier molecular flexibility index (Phi) is 6.20. The van der Waals surface area contributed by atoms with Crippen LogP contribution in [0.4, 0.5) is 0 Å². The summed E-state index contributed by atoms with van der Waals surface area (Å²) >= 11 is 1.41. The van der Waals surface area contributed by atoms with Crippen molar-refractivity contribution in [2.45, 2.75) is 44.1 Å². The van der Waals surface area contributed by atoms with Gasteiger partial charge in [-0.25, -0.2) is 9.89 Å². The van der Waals surface area contributed by atoms with Gasteiger partial charge in [-0.2, -0.15) is 4.98 Å². The second-order valence-corrected chi connectivity index (χ2v) is 6.24. The highest BCUT2D eigenvalue weighted by Gasteiger charge is 2.12.